The molecule has 0 aliphatic rings. The first-order valence-corrected chi connectivity index (χ1v) is 5.91. The molecule has 0 aromatic heterocycles. The van der Waals surface area contributed by atoms with Crippen LogP contribution in [0.15, 0.2) is 30.3 Å². The third kappa shape index (κ3) is 3.20. The molecule has 0 bridgehead atoms. The van der Waals surface area contributed by atoms with Gasteiger partial charge in [-0.2, -0.15) is 0 Å². The van der Waals surface area contributed by atoms with Crippen LogP contribution in [0.5, 0.6) is 0 Å². The molecule has 0 spiro atoms. The number of amides is 1. The number of hydrogen-bond donors (Lipinski definition) is 1. The Labute approximate surface area is 107 Å². The molecule has 1 N–H and O–H groups in total. The van der Waals surface area contributed by atoms with Crippen LogP contribution < -0.4 is 0 Å². The van der Waals surface area contributed by atoms with Gasteiger partial charge in [-0.25, -0.2) is 0 Å². The van der Waals surface area contributed by atoms with Gasteiger partial charge < -0.3 is 10.0 Å². The van der Waals surface area contributed by atoms with Crippen LogP contribution in [0, 0.1) is 0 Å². The van der Waals surface area contributed by atoms with E-state index in [9.17, 15) is 9.90 Å². The maximum absolute atomic E-state index is 12.1. The van der Waals surface area contributed by atoms with Gasteiger partial charge in [0, 0.05) is 7.05 Å². The lowest BCUT2D eigenvalue weighted by atomic mass is 10.0. The highest BCUT2D eigenvalue weighted by Crippen LogP contribution is 2.25. The summed E-state index contributed by atoms with van der Waals surface area (Å²) in [5, 5.41) is 8.51. The Morgan fingerprint density at radius 2 is 1.94 bits per heavy atom. The van der Waals surface area contributed by atoms with Crippen molar-refractivity contribution in [2.45, 2.75) is 24.8 Å². The number of aliphatic hydroxyl groups is 1. The molecule has 0 radical (unpaired) electrons. The van der Waals surface area contributed by atoms with E-state index in [1.165, 1.54) is 4.90 Å². The first kappa shape index (κ1) is 14.0. The first-order valence-electron chi connectivity index (χ1n) is 5.47. The number of carbonyl (C=O) groups is 1. The number of aliphatic hydroxyl groups excluding tert-OH is 1. The zero-order chi connectivity index (χ0) is 13.1. The van der Waals surface area contributed by atoms with Crippen LogP contribution in [0.1, 0.15) is 24.8 Å². The molecule has 0 fully saturated rings. The molecule has 94 valence electrons. The van der Waals surface area contributed by atoms with Gasteiger partial charge in [0.2, 0.25) is 5.91 Å². The molecule has 0 saturated heterocycles. The fourth-order valence-corrected chi connectivity index (χ4v) is 1.63. The third-order valence-electron chi connectivity index (χ3n) is 2.93. The lowest BCUT2D eigenvalue weighted by Gasteiger charge is -2.35. The van der Waals surface area contributed by atoms with Gasteiger partial charge in [-0.05, 0) is 19.4 Å². The summed E-state index contributed by atoms with van der Waals surface area (Å²) in [4.78, 5) is 13.6. The Bertz CT molecular complexity index is 378. The fourth-order valence-electron chi connectivity index (χ4n) is 1.34. The van der Waals surface area contributed by atoms with E-state index in [1.807, 2.05) is 30.3 Å². The molecule has 17 heavy (non-hydrogen) atoms. The average molecular weight is 256 g/mol. The zero-order valence-corrected chi connectivity index (χ0v) is 11.1. The van der Waals surface area contributed by atoms with Crippen LogP contribution in [0.25, 0.3) is 0 Å². The number of rotatable bonds is 4. The molecule has 3 nitrogen and oxygen atoms in total. The minimum Gasteiger partial charge on any atom is -0.394 e. The normalized spacial score (nSPS) is 13.2. The summed E-state index contributed by atoms with van der Waals surface area (Å²) in [6.45, 7) is 3.48. The van der Waals surface area contributed by atoms with Crippen LogP contribution >= 0.6 is 11.6 Å². The summed E-state index contributed by atoms with van der Waals surface area (Å²) in [6, 6.07) is 9.19. The topological polar surface area (TPSA) is 40.5 Å². The maximum atomic E-state index is 12.1. The van der Waals surface area contributed by atoms with Crippen molar-refractivity contribution in [3.63, 3.8) is 0 Å². The van der Waals surface area contributed by atoms with E-state index < -0.39 is 10.9 Å². The zero-order valence-electron chi connectivity index (χ0n) is 10.4. The number of benzene rings is 1. The number of nitrogens with zero attached hydrogens (tertiary/aromatic N) is 1. The molecule has 1 unspecified atom stereocenters. The fraction of sp³-hybridized carbons (Fsp3) is 0.462. The van der Waals surface area contributed by atoms with E-state index in [2.05, 4.69) is 0 Å². The summed E-state index contributed by atoms with van der Waals surface area (Å²) in [6.07, 6.45) is 0. The van der Waals surface area contributed by atoms with Gasteiger partial charge in [-0.15, -0.1) is 11.6 Å². The van der Waals surface area contributed by atoms with Gasteiger partial charge in [0.25, 0.3) is 0 Å². The van der Waals surface area contributed by atoms with E-state index in [1.54, 1.807) is 20.9 Å². The summed E-state index contributed by atoms with van der Waals surface area (Å²) < 4.78 is 0. The molecule has 1 rings (SSSR count). The minimum absolute atomic E-state index is 0.104. The van der Waals surface area contributed by atoms with Crippen molar-refractivity contribution in [3.8, 4) is 0 Å². The molecule has 1 aromatic carbocycles. The maximum Gasteiger partial charge on any atom is 0.245 e. The van der Waals surface area contributed by atoms with Gasteiger partial charge in [0.1, 0.15) is 5.38 Å². The van der Waals surface area contributed by atoms with Crippen molar-refractivity contribution < 1.29 is 9.90 Å². The number of alkyl halides is 1. The van der Waals surface area contributed by atoms with E-state index in [4.69, 9.17) is 11.6 Å². The summed E-state index contributed by atoms with van der Waals surface area (Å²) >= 11 is 6.14. The van der Waals surface area contributed by atoms with Crippen LogP contribution in [-0.2, 0) is 4.79 Å². The standard InChI is InChI=1S/C13H18ClNO2/c1-13(2,9-16)15(3)12(17)11(14)10-7-5-4-6-8-10/h4-8,11,16H,9H2,1-3H3. The molecule has 1 atom stereocenters. The first-order chi connectivity index (χ1) is 7.90. The highest BCUT2D eigenvalue weighted by molar-refractivity contribution is 6.30. The van der Waals surface area contributed by atoms with Gasteiger partial charge in [-0.1, -0.05) is 30.3 Å². The van der Waals surface area contributed by atoms with Crippen molar-refractivity contribution in [1.29, 1.82) is 0 Å². The molecule has 0 saturated carbocycles. The Morgan fingerprint density at radius 3 is 2.41 bits per heavy atom. The number of halogens is 1. The molecular weight excluding hydrogens is 238 g/mol. The minimum atomic E-state index is -0.716. The molecule has 4 heteroatoms. The predicted molar refractivity (Wildman–Crippen MR) is 69.0 cm³/mol. The van der Waals surface area contributed by atoms with Crippen molar-refractivity contribution in [1.82, 2.24) is 4.90 Å². The summed E-state index contributed by atoms with van der Waals surface area (Å²) in [7, 11) is 1.65. The van der Waals surface area contributed by atoms with Gasteiger partial charge >= 0.3 is 0 Å². The van der Waals surface area contributed by atoms with Crippen LogP contribution in [0.4, 0.5) is 0 Å². The van der Waals surface area contributed by atoms with Crippen LogP contribution in [0.2, 0.25) is 0 Å². The van der Waals surface area contributed by atoms with Crippen molar-refractivity contribution in [3.05, 3.63) is 35.9 Å². The second kappa shape index (κ2) is 5.52. The van der Waals surface area contributed by atoms with E-state index >= 15 is 0 Å². The second-order valence-electron chi connectivity index (χ2n) is 4.64. The van der Waals surface area contributed by atoms with Gasteiger partial charge in [0.05, 0.1) is 12.1 Å². The van der Waals surface area contributed by atoms with Gasteiger partial charge in [-0.3, -0.25) is 4.79 Å². The summed E-state index contributed by atoms with van der Waals surface area (Å²) in [5.74, 6) is -0.211. The molecule has 1 aromatic rings. The highest BCUT2D eigenvalue weighted by Gasteiger charge is 2.31. The van der Waals surface area contributed by atoms with Crippen LogP contribution in [0.3, 0.4) is 0 Å². The smallest absolute Gasteiger partial charge is 0.245 e. The average Bonchev–Trinajstić information content (AvgIpc) is 2.37. The summed E-state index contributed by atoms with van der Waals surface area (Å²) in [5.41, 5.74) is 0.152. The Kier molecular flexibility index (Phi) is 4.54. The van der Waals surface area contributed by atoms with Crippen LogP contribution in [-0.4, -0.2) is 35.1 Å². The molecular formula is C13H18ClNO2. The number of hydrogen-bond acceptors (Lipinski definition) is 2. The Balaban J connectivity index is 2.84. The van der Waals surface area contributed by atoms with Gasteiger partial charge in [0.15, 0.2) is 0 Å². The highest BCUT2D eigenvalue weighted by atomic mass is 35.5. The SMILES string of the molecule is CN(C(=O)C(Cl)c1ccccc1)C(C)(C)CO. The Morgan fingerprint density at radius 1 is 1.41 bits per heavy atom. The van der Waals surface area contributed by atoms with Crippen molar-refractivity contribution in [2.75, 3.05) is 13.7 Å². The third-order valence-corrected chi connectivity index (χ3v) is 3.37. The molecule has 0 heterocycles. The molecule has 0 aliphatic carbocycles. The predicted octanol–water partition coefficient (Wildman–Crippen LogP) is 2.20. The van der Waals surface area contributed by atoms with E-state index in [0.29, 0.717) is 0 Å². The largest absolute Gasteiger partial charge is 0.394 e. The quantitative estimate of drug-likeness (QED) is 0.838. The van der Waals surface area contributed by atoms with Crippen molar-refractivity contribution >= 4 is 17.5 Å². The Hall–Kier alpha value is -1.06. The van der Waals surface area contributed by atoms with Crippen molar-refractivity contribution in [2.24, 2.45) is 0 Å². The lowest BCUT2D eigenvalue weighted by Crippen LogP contribution is -2.48. The molecule has 1 amide bonds. The van der Waals surface area contributed by atoms with E-state index in [0.717, 1.165) is 5.56 Å². The monoisotopic (exact) mass is 255 g/mol. The number of carbonyl (C=O) groups excluding carboxylic acids is 1. The molecule has 0 aliphatic heterocycles. The van der Waals surface area contributed by atoms with E-state index in [-0.39, 0.29) is 12.5 Å². The lowest BCUT2D eigenvalue weighted by molar-refractivity contribution is -0.135. The number of likely N-dealkylation sites (N-methyl/N-ethyl adjacent to an activating group) is 1. The second-order valence-corrected chi connectivity index (χ2v) is 5.08.